The summed E-state index contributed by atoms with van der Waals surface area (Å²) in [6.07, 6.45) is 6.62. The highest BCUT2D eigenvalue weighted by Crippen LogP contribution is 2.25. The standard InChI is InChI=1S/C19H19ClN4O3/c20-14-1-2-17-16(8-14)12(9-21-17)7-18(25)23-5-3-15(4-6-23)24-11-13(10-22-24)19(26)27/h1-2,8-11,15,21H,3-7H2,(H,26,27). The number of hydrogen-bond acceptors (Lipinski definition) is 3. The van der Waals surface area contributed by atoms with Crippen molar-refractivity contribution in [2.24, 2.45) is 0 Å². The normalized spacial score (nSPS) is 15.4. The highest BCUT2D eigenvalue weighted by Gasteiger charge is 2.25. The number of fused-ring (bicyclic) bond motifs is 1. The molecule has 3 aromatic rings. The van der Waals surface area contributed by atoms with Gasteiger partial charge in [-0.2, -0.15) is 5.10 Å². The van der Waals surface area contributed by atoms with E-state index in [2.05, 4.69) is 10.1 Å². The molecule has 1 amide bonds. The van der Waals surface area contributed by atoms with Gasteiger partial charge in [-0.15, -0.1) is 0 Å². The minimum Gasteiger partial charge on any atom is -0.478 e. The van der Waals surface area contributed by atoms with Crippen LogP contribution in [-0.4, -0.2) is 49.7 Å². The van der Waals surface area contributed by atoms with Crippen LogP contribution in [-0.2, 0) is 11.2 Å². The zero-order valence-corrected chi connectivity index (χ0v) is 15.3. The van der Waals surface area contributed by atoms with Gasteiger partial charge in [0.05, 0.1) is 24.2 Å². The van der Waals surface area contributed by atoms with E-state index in [0.717, 1.165) is 29.3 Å². The zero-order valence-electron chi connectivity index (χ0n) is 14.6. The fourth-order valence-electron chi connectivity index (χ4n) is 3.60. The third kappa shape index (κ3) is 3.55. The van der Waals surface area contributed by atoms with Gasteiger partial charge in [-0.1, -0.05) is 11.6 Å². The van der Waals surface area contributed by atoms with Crippen molar-refractivity contribution in [1.29, 1.82) is 0 Å². The number of carboxylic acids is 1. The monoisotopic (exact) mass is 386 g/mol. The zero-order chi connectivity index (χ0) is 19.0. The molecule has 0 aliphatic carbocycles. The number of nitrogens with zero attached hydrogens (tertiary/aromatic N) is 3. The summed E-state index contributed by atoms with van der Waals surface area (Å²) >= 11 is 6.07. The molecule has 8 heteroatoms. The van der Waals surface area contributed by atoms with Crippen LogP contribution in [0.15, 0.2) is 36.8 Å². The van der Waals surface area contributed by atoms with Crippen LogP contribution >= 0.6 is 11.6 Å². The predicted octanol–water partition coefficient (Wildman–Crippen LogP) is 3.12. The third-order valence-corrected chi connectivity index (χ3v) is 5.35. The van der Waals surface area contributed by atoms with Crippen LogP contribution in [0.3, 0.4) is 0 Å². The Hall–Kier alpha value is -2.80. The van der Waals surface area contributed by atoms with E-state index in [1.165, 1.54) is 6.20 Å². The Labute approximate surface area is 160 Å². The van der Waals surface area contributed by atoms with Gasteiger partial charge in [0.2, 0.25) is 5.91 Å². The Morgan fingerprint density at radius 2 is 2.07 bits per heavy atom. The predicted molar refractivity (Wildman–Crippen MR) is 101 cm³/mol. The first-order chi connectivity index (χ1) is 13.0. The maximum Gasteiger partial charge on any atom is 0.338 e. The lowest BCUT2D eigenvalue weighted by atomic mass is 10.0. The van der Waals surface area contributed by atoms with Gasteiger partial charge < -0.3 is 15.0 Å². The van der Waals surface area contributed by atoms with Gasteiger partial charge in [0.25, 0.3) is 0 Å². The number of amides is 1. The average Bonchev–Trinajstić information content (AvgIpc) is 3.30. The molecule has 2 aromatic heterocycles. The van der Waals surface area contributed by atoms with E-state index in [9.17, 15) is 9.59 Å². The van der Waals surface area contributed by atoms with E-state index in [-0.39, 0.29) is 17.5 Å². The molecule has 27 heavy (non-hydrogen) atoms. The molecule has 1 aliphatic heterocycles. The van der Waals surface area contributed by atoms with E-state index in [1.54, 1.807) is 10.9 Å². The second-order valence-corrected chi connectivity index (χ2v) is 7.24. The van der Waals surface area contributed by atoms with Crippen LogP contribution < -0.4 is 0 Å². The van der Waals surface area contributed by atoms with Crippen molar-refractivity contribution in [1.82, 2.24) is 19.7 Å². The van der Waals surface area contributed by atoms with Gasteiger partial charge in [0.15, 0.2) is 0 Å². The van der Waals surface area contributed by atoms with Crippen molar-refractivity contribution < 1.29 is 14.7 Å². The molecule has 0 saturated carbocycles. The maximum absolute atomic E-state index is 12.7. The van der Waals surface area contributed by atoms with Crippen LogP contribution in [0.2, 0.25) is 5.02 Å². The highest BCUT2D eigenvalue weighted by atomic mass is 35.5. The first kappa shape index (κ1) is 17.6. The molecule has 0 bridgehead atoms. The lowest BCUT2D eigenvalue weighted by Gasteiger charge is -2.32. The number of hydrogen-bond donors (Lipinski definition) is 2. The van der Waals surface area contributed by atoms with Crippen LogP contribution in [0.5, 0.6) is 0 Å². The Bertz CT molecular complexity index is 1000. The number of halogens is 1. The minimum absolute atomic E-state index is 0.0843. The lowest BCUT2D eigenvalue weighted by Crippen LogP contribution is -2.39. The lowest BCUT2D eigenvalue weighted by molar-refractivity contribution is -0.131. The van der Waals surface area contributed by atoms with Crippen LogP contribution in [0.25, 0.3) is 10.9 Å². The number of H-pyrrole nitrogens is 1. The van der Waals surface area contributed by atoms with E-state index in [1.807, 2.05) is 29.3 Å². The van der Waals surface area contributed by atoms with Gasteiger partial charge in [0.1, 0.15) is 0 Å². The molecule has 0 spiro atoms. The highest BCUT2D eigenvalue weighted by molar-refractivity contribution is 6.31. The third-order valence-electron chi connectivity index (χ3n) is 5.11. The number of carbonyl (C=O) groups is 2. The summed E-state index contributed by atoms with van der Waals surface area (Å²) < 4.78 is 1.70. The van der Waals surface area contributed by atoms with Crippen molar-refractivity contribution in [3.8, 4) is 0 Å². The molecule has 2 N–H and O–H groups in total. The summed E-state index contributed by atoms with van der Waals surface area (Å²) in [7, 11) is 0. The van der Waals surface area contributed by atoms with Gasteiger partial charge in [-0.05, 0) is 36.6 Å². The van der Waals surface area contributed by atoms with Crippen molar-refractivity contribution in [3.05, 3.63) is 52.9 Å². The number of aromatic amines is 1. The number of aromatic nitrogens is 3. The first-order valence-electron chi connectivity index (χ1n) is 8.82. The summed E-state index contributed by atoms with van der Waals surface area (Å²) in [4.78, 5) is 28.7. The summed E-state index contributed by atoms with van der Waals surface area (Å²) in [5, 5.41) is 14.8. The average molecular weight is 387 g/mol. The SMILES string of the molecule is O=C(O)c1cnn(C2CCN(C(=O)Cc3c[nH]c4ccc(Cl)cc34)CC2)c1. The number of likely N-dealkylation sites (tertiary alicyclic amines) is 1. The fourth-order valence-corrected chi connectivity index (χ4v) is 3.77. The molecule has 140 valence electrons. The maximum atomic E-state index is 12.7. The number of piperidine rings is 1. The largest absolute Gasteiger partial charge is 0.478 e. The molecule has 3 heterocycles. The fraction of sp³-hybridized carbons (Fsp3) is 0.316. The van der Waals surface area contributed by atoms with Crippen molar-refractivity contribution in [2.75, 3.05) is 13.1 Å². The van der Waals surface area contributed by atoms with E-state index in [4.69, 9.17) is 16.7 Å². The van der Waals surface area contributed by atoms with Crippen molar-refractivity contribution in [2.45, 2.75) is 25.3 Å². The summed E-state index contributed by atoms with van der Waals surface area (Å²) in [5.74, 6) is -0.895. The van der Waals surface area contributed by atoms with E-state index in [0.29, 0.717) is 24.5 Å². The molecule has 1 fully saturated rings. The Kier molecular flexibility index (Phi) is 4.61. The smallest absolute Gasteiger partial charge is 0.338 e. The second-order valence-electron chi connectivity index (χ2n) is 6.81. The first-order valence-corrected chi connectivity index (χ1v) is 9.20. The summed E-state index contributed by atoms with van der Waals surface area (Å²) in [5.41, 5.74) is 2.10. The van der Waals surface area contributed by atoms with Crippen LogP contribution in [0.4, 0.5) is 0 Å². The van der Waals surface area contributed by atoms with Crippen molar-refractivity contribution >= 4 is 34.4 Å². The quantitative estimate of drug-likeness (QED) is 0.720. The second kappa shape index (κ2) is 7.08. The van der Waals surface area contributed by atoms with Gasteiger partial charge >= 0.3 is 5.97 Å². The number of nitrogens with one attached hydrogen (secondary N) is 1. The number of benzene rings is 1. The molecule has 0 atom stereocenters. The molecule has 4 rings (SSSR count). The Morgan fingerprint density at radius 3 is 2.78 bits per heavy atom. The Balaban J connectivity index is 1.39. The number of rotatable bonds is 4. The molecule has 7 nitrogen and oxygen atoms in total. The number of aromatic carboxylic acids is 1. The molecule has 1 saturated heterocycles. The topological polar surface area (TPSA) is 91.2 Å². The van der Waals surface area contributed by atoms with Crippen LogP contribution in [0, 0.1) is 0 Å². The summed E-state index contributed by atoms with van der Waals surface area (Å²) in [6, 6.07) is 5.73. The molecular weight excluding hydrogens is 368 g/mol. The number of carboxylic acid groups (broad SMARTS) is 1. The van der Waals surface area contributed by atoms with Gasteiger partial charge in [0, 0.05) is 41.4 Å². The van der Waals surface area contributed by atoms with Gasteiger partial charge in [-0.3, -0.25) is 9.48 Å². The number of carbonyl (C=O) groups excluding carboxylic acids is 1. The Morgan fingerprint density at radius 1 is 1.30 bits per heavy atom. The van der Waals surface area contributed by atoms with Gasteiger partial charge in [-0.25, -0.2) is 4.79 Å². The molecule has 0 radical (unpaired) electrons. The molecular formula is C19H19ClN4O3. The molecule has 1 aliphatic rings. The summed E-state index contributed by atoms with van der Waals surface area (Å²) in [6.45, 7) is 1.27. The van der Waals surface area contributed by atoms with Crippen LogP contribution in [0.1, 0.15) is 34.8 Å². The minimum atomic E-state index is -0.979. The van der Waals surface area contributed by atoms with E-state index >= 15 is 0 Å². The van der Waals surface area contributed by atoms with E-state index < -0.39 is 5.97 Å². The van der Waals surface area contributed by atoms with Crippen molar-refractivity contribution in [3.63, 3.8) is 0 Å². The molecule has 0 unspecified atom stereocenters. The molecule has 1 aromatic carbocycles.